The standard InChI is InChI=1S/C19H12ClFN4O2/c20-12-5-8-15(16(26)10-12)22-19(27)14-2-1-9-25-17(23-24-18(14)25)11-3-6-13(21)7-4-11/h1-10,26H,(H,22,27). The second-order valence-corrected chi connectivity index (χ2v) is 6.20. The quantitative estimate of drug-likeness (QED) is 0.522. The first-order valence-electron chi connectivity index (χ1n) is 7.92. The maximum atomic E-state index is 13.2. The summed E-state index contributed by atoms with van der Waals surface area (Å²) in [5.74, 6) is -0.475. The van der Waals surface area contributed by atoms with Crippen molar-refractivity contribution in [3.8, 4) is 17.1 Å². The van der Waals surface area contributed by atoms with Gasteiger partial charge >= 0.3 is 0 Å². The predicted octanol–water partition coefficient (Wildman–Crippen LogP) is 4.15. The fourth-order valence-electron chi connectivity index (χ4n) is 2.69. The molecule has 4 aromatic rings. The fraction of sp³-hybridized carbons (Fsp3) is 0. The normalized spacial score (nSPS) is 10.9. The lowest BCUT2D eigenvalue weighted by molar-refractivity contribution is 0.102. The van der Waals surface area contributed by atoms with Crippen LogP contribution in [0.5, 0.6) is 5.75 Å². The first-order valence-corrected chi connectivity index (χ1v) is 8.30. The van der Waals surface area contributed by atoms with E-state index in [-0.39, 0.29) is 22.8 Å². The third kappa shape index (κ3) is 3.20. The molecule has 134 valence electrons. The van der Waals surface area contributed by atoms with E-state index in [1.54, 1.807) is 40.9 Å². The van der Waals surface area contributed by atoms with E-state index in [9.17, 15) is 14.3 Å². The molecule has 6 nitrogen and oxygen atoms in total. The summed E-state index contributed by atoms with van der Waals surface area (Å²) in [6.07, 6.45) is 1.71. The molecular weight excluding hydrogens is 371 g/mol. The lowest BCUT2D eigenvalue weighted by atomic mass is 10.2. The Morgan fingerprint density at radius 3 is 2.63 bits per heavy atom. The van der Waals surface area contributed by atoms with E-state index < -0.39 is 5.91 Å². The van der Waals surface area contributed by atoms with E-state index in [1.165, 1.54) is 24.3 Å². The second kappa shape index (κ2) is 6.69. The van der Waals surface area contributed by atoms with Gasteiger partial charge in [0.25, 0.3) is 5.91 Å². The lowest BCUT2D eigenvalue weighted by Crippen LogP contribution is -2.13. The Labute approximate surface area is 157 Å². The molecule has 2 N–H and O–H groups in total. The van der Waals surface area contributed by atoms with E-state index in [1.807, 2.05) is 0 Å². The number of pyridine rings is 1. The molecule has 0 bridgehead atoms. The average Bonchev–Trinajstić information content (AvgIpc) is 3.09. The monoisotopic (exact) mass is 382 g/mol. The molecule has 0 radical (unpaired) electrons. The number of nitrogens with one attached hydrogen (secondary N) is 1. The van der Waals surface area contributed by atoms with E-state index in [0.717, 1.165) is 0 Å². The van der Waals surface area contributed by atoms with Crippen molar-refractivity contribution in [3.05, 3.63) is 77.2 Å². The summed E-state index contributed by atoms with van der Waals surface area (Å²) in [7, 11) is 0. The number of hydrogen-bond acceptors (Lipinski definition) is 4. The SMILES string of the molecule is O=C(Nc1ccc(Cl)cc1O)c1cccn2c(-c3ccc(F)cc3)nnc12. The number of fused-ring (bicyclic) bond motifs is 1. The van der Waals surface area contributed by atoms with Crippen LogP contribution in [0.15, 0.2) is 60.8 Å². The molecule has 1 amide bonds. The van der Waals surface area contributed by atoms with Crippen molar-refractivity contribution in [2.24, 2.45) is 0 Å². The van der Waals surface area contributed by atoms with Crippen LogP contribution in [0.3, 0.4) is 0 Å². The van der Waals surface area contributed by atoms with Crippen LogP contribution in [-0.4, -0.2) is 25.6 Å². The van der Waals surface area contributed by atoms with Gasteiger partial charge in [0.15, 0.2) is 11.5 Å². The van der Waals surface area contributed by atoms with Crippen molar-refractivity contribution in [1.82, 2.24) is 14.6 Å². The van der Waals surface area contributed by atoms with Crippen LogP contribution in [0, 0.1) is 5.82 Å². The Hall–Kier alpha value is -3.45. The molecule has 2 heterocycles. The number of hydrogen-bond donors (Lipinski definition) is 2. The van der Waals surface area contributed by atoms with Gasteiger partial charge in [-0.1, -0.05) is 11.6 Å². The number of halogens is 2. The largest absolute Gasteiger partial charge is 0.506 e. The first-order chi connectivity index (χ1) is 13.0. The first kappa shape index (κ1) is 17.0. The van der Waals surface area contributed by atoms with Gasteiger partial charge in [0.05, 0.1) is 11.3 Å². The van der Waals surface area contributed by atoms with Crippen LogP contribution in [-0.2, 0) is 0 Å². The van der Waals surface area contributed by atoms with Gasteiger partial charge < -0.3 is 10.4 Å². The Bertz CT molecular complexity index is 1160. The molecule has 27 heavy (non-hydrogen) atoms. The van der Waals surface area contributed by atoms with Crippen molar-refractivity contribution in [2.45, 2.75) is 0 Å². The lowest BCUT2D eigenvalue weighted by Gasteiger charge is -2.08. The number of phenolic OH excluding ortho intramolecular Hbond substituents is 1. The highest BCUT2D eigenvalue weighted by molar-refractivity contribution is 6.30. The number of carbonyl (C=O) groups is 1. The molecule has 0 fully saturated rings. The highest BCUT2D eigenvalue weighted by Crippen LogP contribution is 2.27. The van der Waals surface area contributed by atoms with Crippen LogP contribution < -0.4 is 5.32 Å². The number of aromatic nitrogens is 3. The molecule has 0 saturated carbocycles. The Balaban J connectivity index is 1.72. The summed E-state index contributed by atoms with van der Waals surface area (Å²) in [5, 5.41) is 21.1. The summed E-state index contributed by atoms with van der Waals surface area (Å²) in [5.41, 5.74) is 1.50. The van der Waals surface area contributed by atoms with Crippen LogP contribution >= 0.6 is 11.6 Å². The minimum absolute atomic E-state index is 0.142. The van der Waals surface area contributed by atoms with Gasteiger partial charge in [0, 0.05) is 22.8 Å². The van der Waals surface area contributed by atoms with Gasteiger partial charge in [0.1, 0.15) is 11.6 Å². The number of aromatic hydroxyl groups is 1. The number of nitrogens with zero attached hydrogens (tertiary/aromatic N) is 3. The molecule has 2 aromatic carbocycles. The molecule has 0 spiro atoms. The molecular formula is C19H12ClFN4O2. The second-order valence-electron chi connectivity index (χ2n) is 5.76. The van der Waals surface area contributed by atoms with E-state index in [0.29, 0.717) is 22.1 Å². The summed E-state index contributed by atoms with van der Waals surface area (Å²) < 4.78 is 14.8. The number of carbonyl (C=O) groups excluding carboxylic acids is 1. The van der Waals surface area contributed by atoms with Crippen LogP contribution in [0.2, 0.25) is 5.02 Å². The van der Waals surface area contributed by atoms with Crippen molar-refractivity contribution in [1.29, 1.82) is 0 Å². The van der Waals surface area contributed by atoms with Crippen molar-refractivity contribution < 1.29 is 14.3 Å². The van der Waals surface area contributed by atoms with Crippen LogP contribution in [0.25, 0.3) is 17.0 Å². The molecule has 0 aliphatic rings. The minimum Gasteiger partial charge on any atom is -0.506 e. The van der Waals surface area contributed by atoms with Crippen LogP contribution in [0.4, 0.5) is 10.1 Å². The zero-order chi connectivity index (χ0) is 19.0. The molecule has 0 aliphatic heterocycles. The molecule has 0 aliphatic carbocycles. The fourth-order valence-corrected chi connectivity index (χ4v) is 2.86. The zero-order valence-electron chi connectivity index (χ0n) is 13.7. The summed E-state index contributed by atoms with van der Waals surface area (Å²) in [6, 6.07) is 13.5. The Morgan fingerprint density at radius 2 is 1.89 bits per heavy atom. The van der Waals surface area contributed by atoms with Crippen molar-refractivity contribution in [2.75, 3.05) is 5.32 Å². The molecule has 4 rings (SSSR count). The number of anilines is 1. The smallest absolute Gasteiger partial charge is 0.259 e. The third-order valence-electron chi connectivity index (χ3n) is 3.99. The average molecular weight is 383 g/mol. The summed E-state index contributed by atoms with van der Waals surface area (Å²) >= 11 is 5.80. The van der Waals surface area contributed by atoms with Gasteiger partial charge in [-0.3, -0.25) is 9.20 Å². The van der Waals surface area contributed by atoms with Crippen molar-refractivity contribution in [3.63, 3.8) is 0 Å². The van der Waals surface area contributed by atoms with E-state index >= 15 is 0 Å². The van der Waals surface area contributed by atoms with Gasteiger partial charge in [-0.05, 0) is 48.5 Å². The van der Waals surface area contributed by atoms with E-state index in [4.69, 9.17) is 11.6 Å². The molecule has 2 aromatic heterocycles. The van der Waals surface area contributed by atoms with Crippen LogP contribution in [0.1, 0.15) is 10.4 Å². The Morgan fingerprint density at radius 1 is 1.11 bits per heavy atom. The van der Waals surface area contributed by atoms with Crippen molar-refractivity contribution >= 4 is 28.8 Å². The summed E-state index contributed by atoms with van der Waals surface area (Å²) in [6.45, 7) is 0. The number of benzene rings is 2. The van der Waals surface area contributed by atoms with Gasteiger partial charge in [-0.2, -0.15) is 0 Å². The predicted molar refractivity (Wildman–Crippen MR) is 99.5 cm³/mol. The van der Waals surface area contributed by atoms with Gasteiger partial charge in [0.2, 0.25) is 0 Å². The summed E-state index contributed by atoms with van der Waals surface area (Å²) in [4.78, 5) is 12.7. The van der Waals surface area contributed by atoms with E-state index in [2.05, 4.69) is 15.5 Å². The molecule has 0 atom stereocenters. The highest BCUT2D eigenvalue weighted by atomic mass is 35.5. The maximum Gasteiger partial charge on any atom is 0.259 e. The zero-order valence-corrected chi connectivity index (χ0v) is 14.5. The van der Waals surface area contributed by atoms with Gasteiger partial charge in [-0.15, -0.1) is 10.2 Å². The third-order valence-corrected chi connectivity index (χ3v) is 4.22. The Kier molecular flexibility index (Phi) is 4.21. The molecule has 8 heteroatoms. The maximum absolute atomic E-state index is 13.2. The number of amides is 1. The molecule has 0 saturated heterocycles. The number of phenols is 1. The molecule has 0 unspecified atom stereocenters. The van der Waals surface area contributed by atoms with Gasteiger partial charge in [-0.25, -0.2) is 4.39 Å². The highest BCUT2D eigenvalue weighted by Gasteiger charge is 2.17. The topological polar surface area (TPSA) is 79.5 Å². The minimum atomic E-state index is -0.462. The number of rotatable bonds is 3.